The van der Waals surface area contributed by atoms with Gasteiger partial charge in [0, 0.05) is 37.6 Å². The largest absolute Gasteiger partial charge is 0.486 e. The predicted octanol–water partition coefficient (Wildman–Crippen LogP) is 2.44. The molecule has 1 amide bonds. The van der Waals surface area contributed by atoms with Gasteiger partial charge in [-0.15, -0.1) is 0 Å². The number of fused-ring (bicyclic) bond motifs is 1. The lowest BCUT2D eigenvalue weighted by Crippen LogP contribution is -2.34. The van der Waals surface area contributed by atoms with Crippen LogP contribution in [0.4, 0.5) is 0 Å². The van der Waals surface area contributed by atoms with Crippen molar-refractivity contribution in [2.24, 2.45) is 0 Å². The average Bonchev–Trinajstić information content (AvgIpc) is 3.54. The molecule has 164 valence electrons. The summed E-state index contributed by atoms with van der Waals surface area (Å²) in [6, 6.07) is 16.1. The molecule has 0 unspecified atom stereocenters. The van der Waals surface area contributed by atoms with Gasteiger partial charge in [-0.1, -0.05) is 30.3 Å². The van der Waals surface area contributed by atoms with Crippen molar-refractivity contribution < 1.29 is 14.3 Å². The Kier molecular flexibility index (Phi) is 5.05. The van der Waals surface area contributed by atoms with Crippen LogP contribution in [0.5, 0.6) is 11.5 Å². The maximum absolute atomic E-state index is 13.3. The maximum atomic E-state index is 13.3. The van der Waals surface area contributed by atoms with Crippen molar-refractivity contribution >= 4 is 23.6 Å². The monoisotopic (exact) mass is 448 g/mol. The van der Waals surface area contributed by atoms with Crippen molar-refractivity contribution in [1.82, 2.24) is 20.1 Å². The molecule has 4 aliphatic heterocycles. The molecular weight excluding hydrogens is 424 g/mol. The van der Waals surface area contributed by atoms with Gasteiger partial charge in [-0.3, -0.25) is 4.79 Å². The Hall–Kier alpha value is -2.94. The summed E-state index contributed by atoms with van der Waals surface area (Å²) < 4.78 is 13.7. The van der Waals surface area contributed by atoms with Gasteiger partial charge in [0.1, 0.15) is 13.2 Å². The van der Waals surface area contributed by atoms with Crippen molar-refractivity contribution in [2.45, 2.75) is 4.90 Å². The smallest absolute Gasteiger partial charge is 0.253 e. The van der Waals surface area contributed by atoms with Gasteiger partial charge in [0.05, 0.1) is 11.3 Å². The molecule has 0 aromatic heterocycles. The summed E-state index contributed by atoms with van der Waals surface area (Å²) in [6.07, 6.45) is 0. The molecule has 2 N–H and O–H groups in total. The molecule has 0 spiro atoms. The molecule has 2 aromatic carbocycles. The average molecular weight is 449 g/mol. The normalized spacial score (nSPS) is 20.1. The van der Waals surface area contributed by atoms with E-state index in [1.54, 1.807) is 11.9 Å². The second-order valence-electron chi connectivity index (χ2n) is 8.26. The molecule has 7 nitrogen and oxygen atoms in total. The molecule has 32 heavy (non-hydrogen) atoms. The van der Waals surface area contributed by atoms with Crippen LogP contribution < -0.4 is 20.3 Å². The van der Waals surface area contributed by atoms with Crippen LogP contribution in [0.25, 0.3) is 5.70 Å². The molecule has 6 rings (SSSR count). The SMILES string of the molecule is O=C(C1=C(c2ccccc2)NNC1)N1CC2=C(CN(Sc3ccc4c(c3)OCCO4)C2)C1. The van der Waals surface area contributed by atoms with Gasteiger partial charge < -0.3 is 19.8 Å². The number of rotatable bonds is 4. The van der Waals surface area contributed by atoms with E-state index < -0.39 is 0 Å². The van der Waals surface area contributed by atoms with Gasteiger partial charge in [-0.2, -0.15) is 0 Å². The Morgan fingerprint density at radius 2 is 1.66 bits per heavy atom. The standard InChI is InChI=1S/C24H24N4O3S/c29-24(20-11-25-26-23(20)16-4-2-1-3-5-16)27-12-17-14-28(15-18(17)13-27)32-19-6-7-21-22(10-19)31-9-8-30-21/h1-7,10,25-26H,8-9,11-15H2. The third-order valence-electron chi connectivity index (χ3n) is 6.13. The minimum Gasteiger partial charge on any atom is -0.486 e. The lowest BCUT2D eigenvalue weighted by atomic mass is 10.1. The van der Waals surface area contributed by atoms with Crippen LogP contribution in [0, 0.1) is 0 Å². The van der Waals surface area contributed by atoms with E-state index in [1.165, 1.54) is 11.1 Å². The van der Waals surface area contributed by atoms with Gasteiger partial charge in [0.2, 0.25) is 0 Å². The van der Waals surface area contributed by atoms with Crippen LogP contribution in [0.1, 0.15) is 5.56 Å². The van der Waals surface area contributed by atoms with Crippen LogP contribution in [-0.4, -0.2) is 61.0 Å². The zero-order chi connectivity index (χ0) is 21.5. The van der Waals surface area contributed by atoms with Crippen molar-refractivity contribution in [3.8, 4) is 11.5 Å². The van der Waals surface area contributed by atoms with E-state index in [4.69, 9.17) is 9.47 Å². The Morgan fingerprint density at radius 1 is 0.906 bits per heavy atom. The van der Waals surface area contributed by atoms with Crippen LogP contribution in [0.15, 0.2) is 70.1 Å². The van der Waals surface area contributed by atoms with E-state index in [1.807, 2.05) is 41.3 Å². The molecule has 0 fully saturated rings. The Labute approximate surface area is 191 Å². The molecule has 4 aliphatic rings. The number of ether oxygens (including phenoxy) is 2. The first kappa shape index (κ1) is 19.7. The van der Waals surface area contributed by atoms with Gasteiger partial charge in [-0.25, -0.2) is 9.73 Å². The number of benzene rings is 2. The van der Waals surface area contributed by atoms with Gasteiger partial charge >= 0.3 is 0 Å². The Balaban J connectivity index is 1.10. The third kappa shape index (κ3) is 3.64. The molecule has 8 heteroatoms. The first-order valence-electron chi connectivity index (χ1n) is 10.8. The fraction of sp³-hybridized carbons (Fsp3) is 0.292. The second kappa shape index (κ2) is 8.20. The predicted molar refractivity (Wildman–Crippen MR) is 123 cm³/mol. The third-order valence-corrected chi connectivity index (χ3v) is 7.12. The topological polar surface area (TPSA) is 66.1 Å². The summed E-state index contributed by atoms with van der Waals surface area (Å²) in [7, 11) is 0. The zero-order valence-electron chi connectivity index (χ0n) is 17.6. The number of amides is 1. The molecule has 2 aromatic rings. The summed E-state index contributed by atoms with van der Waals surface area (Å²) in [5.41, 5.74) is 11.7. The van der Waals surface area contributed by atoms with Crippen LogP contribution in [0.2, 0.25) is 0 Å². The Morgan fingerprint density at radius 3 is 2.44 bits per heavy atom. The van der Waals surface area contributed by atoms with Crippen molar-refractivity contribution in [3.63, 3.8) is 0 Å². The number of hydrogen-bond acceptors (Lipinski definition) is 7. The van der Waals surface area contributed by atoms with Crippen LogP contribution in [0.3, 0.4) is 0 Å². The maximum Gasteiger partial charge on any atom is 0.253 e. The molecule has 0 saturated carbocycles. The van der Waals surface area contributed by atoms with E-state index in [2.05, 4.69) is 27.3 Å². The highest BCUT2D eigenvalue weighted by atomic mass is 32.2. The van der Waals surface area contributed by atoms with Gasteiger partial charge in [0.25, 0.3) is 5.91 Å². The molecule has 4 heterocycles. The minimum absolute atomic E-state index is 0.113. The van der Waals surface area contributed by atoms with Crippen LogP contribution in [-0.2, 0) is 4.79 Å². The molecule has 0 bridgehead atoms. The summed E-state index contributed by atoms with van der Waals surface area (Å²) in [5.74, 6) is 1.75. The quantitative estimate of drug-likeness (QED) is 0.550. The van der Waals surface area contributed by atoms with E-state index in [9.17, 15) is 4.79 Å². The number of hydrazine groups is 1. The van der Waals surface area contributed by atoms with Crippen molar-refractivity contribution in [3.05, 3.63) is 70.8 Å². The molecule has 0 saturated heterocycles. The molecule has 0 aliphatic carbocycles. The lowest BCUT2D eigenvalue weighted by Gasteiger charge is -2.23. The zero-order valence-corrected chi connectivity index (χ0v) is 18.4. The molecule has 0 atom stereocenters. The fourth-order valence-electron chi connectivity index (χ4n) is 4.59. The molecular formula is C24H24N4O3S. The number of carbonyl (C=O) groups excluding carboxylic acids is 1. The fourth-order valence-corrected chi connectivity index (χ4v) is 5.62. The number of hydrogen-bond donors (Lipinski definition) is 2. The number of nitrogens with one attached hydrogen (secondary N) is 2. The highest BCUT2D eigenvalue weighted by Gasteiger charge is 2.35. The molecule has 0 radical (unpaired) electrons. The highest BCUT2D eigenvalue weighted by molar-refractivity contribution is 7.97. The van der Waals surface area contributed by atoms with Crippen LogP contribution >= 0.6 is 11.9 Å². The van der Waals surface area contributed by atoms with Crippen molar-refractivity contribution in [2.75, 3.05) is 45.9 Å². The number of nitrogens with zero attached hydrogens (tertiary/aromatic N) is 2. The Bertz CT molecular complexity index is 1110. The van der Waals surface area contributed by atoms with E-state index in [0.717, 1.165) is 46.3 Å². The highest BCUT2D eigenvalue weighted by Crippen LogP contribution is 2.38. The van der Waals surface area contributed by atoms with Crippen molar-refractivity contribution in [1.29, 1.82) is 0 Å². The van der Waals surface area contributed by atoms with E-state index in [0.29, 0.717) is 32.8 Å². The summed E-state index contributed by atoms with van der Waals surface area (Å²) in [4.78, 5) is 16.4. The van der Waals surface area contributed by atoms with E-state index in [-0.39, 0.29) is 5.91 Å². The second-order valence-corrected chi connectivity index (χ2v) is 9.43. The number of carbonyl (C=O) groups is 1. The summed E-state index contributed by atoms with van der Waals surface area (Å²) >= 11 is 1.74. The minimum atomic E-state index is 0.113. The first-order valence-corrected chi connectivity index (χ1v) is 11.6. The lowest BCUT2D eigenvalue weighted by molar-refractivity contribution is -0.125. The summed E-state index contributed by atoms with van der Waals surface area (Å²) in [5, 5.41) is 0. The van der Waals surface area contributed by atoms with Gasteiger partial charge in [0.15, 0.2) is 11.5 Å². The first-order chi connectivity index (χ1) is 15.7. The summed E-state index contributed by atoms with van der Waals surface area (Å²) in [6.45, 7) is 4.90. The van der Waals surface area contributed by atoms with Gasteiger partial charge in [-0.05, 0) is 46.9 Å². The van der Waals surface area contributed by atoms with E-state index >= 15 is 0 Å².